The Morgan fingerprint density at radius 1 is 1.29 bits per heavy atom. The maximum atomic E-state index is 5.46. The topological polar surface area (TPSA) is 26.0 Å². The molecule has 0 saturated heterocycles. The second kappa shape index (κ2) is 4.97. The van der Waals surface area contributed by atoms with Crippen molar-refractivity contribution in [3.63, 3.8) is 0 Å². The minimum absolute atomic E-state index is 0.724. The quantitative estimate of drug-likeness (QED) is 0.777. The molecule has 1 heteroatoms. The minimum atomic E-state index is 0.724. The van der Waals surface area contributed by atoms with Crippen LogP contribution in [0.3, 0.4) is 0 Å². The van der Waals surface area contributed by atoms with Gasteiger partial charge in [0.1, 0.15) is 0 Å². The van der Waals surface area contributed by atoms with Crippen molar-refractivity contribution < 1.29 is 0 Å². The van der Waals surface area contributed by atoms with Crippen LogP contribution in [-0.4, -0.2) is 6.54 Å². The lowest BCUT2D eigenvalue weighted by atomic mass is 10.0. The highest BCUT2D eigenvalue weighted by atomic mass is 14.5. The second-order valence-corrected chi connectivity index (χ2v) is 3.76. The van der Waals surface area contributed by atoms with Gasteiger partial charge in [-0.05, 0) is 56.0 Å². The Morgan fingerprint density at radius 2 is 2.00 bits per heavy atom. The van der Waals surface area contributed by atoms with E-state index in [9.17, 15) is 0 Å². The Bertz CT molecular complexity index is 337. The highest BCUT2D eigenvalue weighted by molar-refractivity contribution is 5.64. The van der Waals surface area contributed by atoms with Crippen LogP contribution in [0.15, 0.2) is 24.3 Å². The fraction of sp³-hybridized carbons (Fsp3) is 0.385. The number of rotatable bonds is 3. The first-order chi connectivity index (χ1) is 6.65. The van der Waals surface area contributed by atoms with Crippen LogP contribution in [0.5, 0.6) is 0 Å². The molecule has 1 rings (SSSR count). The van der Waals surface area contributed by atoms with E-state index < -0.39 is 0 Å². The Hall–Kier alpha value is -1.08. The van der Waals surface area contributed by atoms with Gasteiger partial charge in [0.25, 0.3) is 0 Å². The van der Waals surface area contributed by atoms with E-state index in [1.54, 1.807) is 0 Å². The van der Waals surface area contributed by atoms with Crippen molar-refractivity contribution in [3.05, 3.63) is 41.0 Å². The summed E-state index contributed by atoms with van der Waals surface area (Å²) < 4.78 is 0. The normalized spacial score (nSPS) is 11.9. The van der Waals surface area contributed by atoms with E-state index in [1.807, 2.05) is 0 Å². The van der Waals surface area contributed by atoms with E-state index in [0.717, 1.165) is 13.0 Å². The van der Waals surface area contributed by atoms with Crippen LogP contribution in [0.2, 0.25) is 0 Å². The summed E-state index contributed by atoms with van der Waals surface area (Å²) in [5.41, 5.74) is 10.8. The molecule has 0 aromatic heterocycles. The van der Waals surface area contributed by atoms with Crippen LogP contribution in [0, 0.1) is 13.8 Å². The van der Waals surface area contributed by atoms with E-state index in [4.69, 9.17) is 5.73 Å². The number of nitrogens with two attached hydrogens (primary N) is 1. The zero-order valence-electron chi connectivity index (χ0n) is 9.30. The maximum Gasteiger partial charge on any atom is -0.00424 e. The standard InChI is InChI=1S/C13H19N/c1-10-6-7-13(9-12(10)3)11(2)5-4-8-14/h5-7,9H,4,8,14H2,1-3H3/b11-5+. The van der Waals surface area contributed by atoms with Gasteiger partial charge in [-0.25, -0.2) is 0 Å². The van der Waals surface area contributed by atoms with E-state index >= 15 is 0 Å². The molecule has 0 spiro atoms. The van der Waals surface area contributed by atoms with Crippen molar-refractivity contribution in [3.8, 4) is 0 Å². The lowest BCUT2D eigenvalue weighted by Gasteiger charge is -2.05. The van der Waals surface area contributed by atoms with Gasteiger partial charge in [-0.2, -0.15) is 0 Å². The van der Waals surface area contributed by atoms with Gasteiger partial charge in [-0.3, -0.25) is 0 Å². The lowest BCUT2D eigenvalue weighted by Crippen LogP contribution is -1.96. The molecule has 0 aliphatic rings. The van der Waals surface area contributed by atoms with E-state index in [1.165, 1.54) is 22.3 Å². The third-order valence-corrected chi connectivity index (χ3v) is 2.58. The zero-order valence-corrected chi connectivity index (χ0v) is 9.30. The number of allylic oxidation sites excluding steroid dienone is 1. The summed E-state index contributed by atoms with van der Waals surface area (Å²) in [6.45, 7) is 7.15. The second-order valence-electron chi connectivity index (χ2n) is 3.76. The van der Waals surface area contributed by atoms with Gasteiger partial charge in [0.2, 0.25) is 0 Å². The summed E-state index contributed by atoms with van der Waals surface area (Å²) in [6, 6.07) is 6.58. The SMILES string of the molecule is C/C(=C\CCN)c1ccc(C)c(C)c1. The van der Waals surface area contributed by atoms with Crippen molar-refractivity contribution in [1.29, 1.82) is 0 Å². The molecule has 0 saturated carbocycles. The Balaban J connectivity index is 2.91. The molecular formula is C13H19N. The van der Waals surface area contributed by atoms with Crippen LogP contribution in [-0.2, 0) is 0 Å². The largest absolute Gasteiger partial charge is 0.330 e. The highest BCUT2D eigenvalue weighted by Gasteiger charge is 1.97. The molecule has 0 heterocycles. The van der Waals surface area contributed by atoms with Gasteiger partial charge in [0.05, 0.1) is 0 Å². The smallest absolute Gasteiger partial charge is 0.00424 e. The molecular weight excluding hydrogens is 170 g/mol. The maximum absolute atomic E-state index is 5.46. The molecule has 0 atom stereocenters. The van der Waals surface area contributed by atoms with Gasteiger partial charge in [-0.15, -0.1) is 0 Å². The Labute approximate surface area is 86.6 Å². The van der Waals surface area contributed by atoms with Crippen LogP contribution in [0.4, 0.5) is 0 Å². The summed E-state index contributed by atoms with van der Waals surface area (Å²) in [6.07, 6.45) is 3.16. The first kappa shape index (κ1) is 11.0. The summed E-state index contributed by atoms with van der Waals surface area (Å²) in [5, 5.41) is 0. The average molecular weight is 189 g/mol. The van der Waals surface area contributed by atoms with E-state index in [0.29, 0.717) is 0 Å². The molecule has 0 bridgehead atoms. The van der Waals surface area contributed by atoms with Gasteiger partial charge in [0.15, 0.2) is 0 Å². The molecule has 0 radical (unpaired) electrons. The number of hydrogen-bond acceptors (Lipinski definition) is 1. The summed E-state index contributed by atoms with van der Waals surface area (Å²) in [5.74, 6) is 0. The fourth-order valence-corrected chi connectivity index (χ4v) is 1.40. The molecule has 0 aliphatic heterocycles. The van der Waals surface area contributed by atoms with Crippen molar-refractivity contribution in [1.82, 2.24) is 0 Å². The van der Waals surface area contributed by atoms with Crippen molar-refractivity contribution in [2.45, 2.75) is 27.2 Å². The van der Waals surface area contributed by atoms with Crippen molar-refractivity contribution in [2.75, 3.05) is 6.54 Å². The van der Waals surface area contributed by atoms with Crippen LogP contribution in [0.25, 0.3) is 5.57 Å². The third kappa shape index (κ3) is 2.71. The minimum Gasteiger partial charge on any atom is -0.330 e. The summed E-state index contributed by atoms with van der Waals surface area (Å²) >= 11 is 0. The summed E-state index contributed by atoms with van der Waals surface area (Å²) in [4.78, 5) is 0. The molecule has 0 fully saturated rings. The third-order valence-electron chi connectivity index (χ3n) is 2.58. The highest BCUT2D eigenvalue weighted by Crippen LogP contribution is 2.17. The number of hydrogen-bond donors (Lipinski definition) is 1. The predicted molar refractivity (Wildman–Crippen MR) is 63.2 cm³/mol. The zero-order chi connectivity index (χ0) is 10.6. The predicted octanol–water partition coefficient (Wildman–Crippen LogP) is 3.06. The molecule has 1 aromatic carbocycles. The molecule has 2 N–H and O–H groups in total. The Morgan fingerprint density at radius 3 is 2.57 bits per heavy atom. The molecule has 1 nitrogen and oxygen atoms in total. The van der Waals surface area contributed by atoms with E-state index in [2.05, 4.69) is 45.0 Å². The monoisotopic (exact) mass is 189 g/mol. The van der Waals surface area contributed by atoms with Crippen molar-refractivity contribution in [2.24, 2.45) is 5.73 Å². The molecule has 0 aliphatic carbocycles. The van der Waals surface area contributed by atoms with Gasteiger partial charge < -0.3 is 5.73 Å². The van der Waals surface area contributed by atoms with Gasteiger partial charge >= 0.3 is 0 Å². The average Bonchev–Trinajstić information content (AvgIpc) is 2.18. The first-order valence-electron chi connectivity index (χ1n) is 5.09. The fourth-order valence-electron chi connectivity index (χ4n) is 1.40. The summed E-state index contributed by atoms with van der Waals surface area (Å²) in [7, 11) is 0. The van der Waals surface area contributed by atoms with Crippen molar-refractivity contribution >= 4 is 5.57 Å². The van der Waals surface area contributed by atoms with Crippen LogP contribution >= 0.6 is 0 Å². The first-order valence-corrected chi connectivity index (χ1v) is 5.09. The molecule has 76 valence electrons. The lowest BCUT2D eigenvalue weighted by molar-refractivity contribution is 1.01. The molecule has 0 amide bonds. The van der Waals surface area contributed by atoms with Crippen LogP contribution in [0.1, 0.15) is 30.0 Å². The van der Waals surface area contributed by atoms with Gasteiger partial charge in [0, 0.05) is 0 Å². The molecule has 14 heavy (non-hydrogen) atoms. The van der Waals surface area contributed by atoms with Crippen LogP contribution < -0.4 is 5.73 Å². The van der Waals surface area contributed by atoms with E-state index in [-0.39, 0.29) is 0 Å². The molecule has 0 unspecified atom stereocenters. The number of aryl methyl sites for hydroxylation is 2. The number of benzene rings is 1. The Kier molecular flexibility index (Phi) is 3.90. The molecule has 1 aromatic rings. The van der Waals surface area contributed by atoms with Gasteiger partial charge in [-0.1, -0.05) is 24.3 Å².